The number of aromatic nitrogens is 2. The van der Waals surface area contributed by atoms with Crippen molar-refractivity contribution in [3.8, 4) is 0 Å². The zero-order valence-electron chi connectivity index (χ0n) is 10.6. The maximum atomic E-state index is 9.19. The van der Waals surface area contributed by atoms with Gasteiger partial charge in [0.25, 0.3) is 0 Å². The molecule has 0 bridgehead atoms. The minimum atomic E-state index is -0.279. The Hall–Kier alpha value is -1.93. The van der Waals surface area contributed by atoms with Crippen molar-refractivity contribution in [2.75, 3.05) is 24.7 Å². The van der Waals surface area contributed by atoms with Crippen molar-refractivity contribution in [1.82, 2.24) is 10.2 Å². The molecule has 2 unspecified atom stereocenters. The quantitative estimate of drug-likeness (QED) is 0.283. The number of nitrogens with zero attached hydrogens (tertiary/aromatic N) is 4. The molecule has 1 aliphatic rings. The number of hydrogen-bond donors (Lipinski definition) is 3. The summed E-state index contributed by atoms with van der Waals surface area (Å²) in [7, 11) is 0. The van der Waals surface area contributed by atoms with E-state index in [2.05, 4.69) is 15.4 Å². The molecule has 1 fully saturated rings. The average Bonchev–Trinajstić information content (AvgIpc) is 2.47. The summed E-state index contributed by atoms with van der Waals surface area (Å²) in [6.07, 6.45) is 1.20. The lowest BCUT2D eigenvalue weighted by Crippen LogP contribution is -2.50. The lowest BCUT2D eigenvalue weighted by molar-refractivity contribution is -0.0106. The first-order valence-corrected chi connectivity index (χ1v) is 5.96. The largest absolute Gasteiger partial charge is 0.409 e. The Labute approximate surface area is 110 Å². The fourth-order valence-corrected chi connectivity index (χ4v) is 2.01. The maximum Gasteiger partial charge on any atom is 0.173 e. The van der Waals surface area contributed by atoms with E-state index in [0.717, 1.165) is 0 Å². The van der Waals surface area contributed by atoms with Crippen molar-refractivity contribution < 1.29 is 15.1 Å². The first-order chi connectivity index (χ1) is 9.17. The third kappa shape index (κ3) is 2.74. The predicted octanol–water partition coefficient (Wildman–Crippen LogP) is -0.843. The van der Waals surface area contributed by atoms with Crippen LogP contribution in [0.4, 0.5) is 5.82 Å². The second kappa shape index (κ2) is 5.81. The minimum Gasteiger partial charge on any atom is -0.409 e. The number of amidine groups is 1. The molecule has 2 rings (SSSR count). The molecule has 0 aliphatic carbocycles. The molecule has 0 amide bonds. The molecule has 4 N–H and O–H groups in total. The van der Waals surface area contributed by atoms with Gasteiger partial charge >= 0.3 is 0 Å². The van der Waals surface area contributed by atoms with Gasteiger partial charge in [-0.1, -0.05) is 5.16 Å². The van der Waals surface area contributed by atoms with E-state index in [4.69, 9.17) is 15.7 Å². The Bertz CT molecular complexity index is 467. The number of aliphatic hydroxyl groups excluding tert-OH is 1. The molecule has 104 valence electrons. The van der Waals surface area contributed by atoms with Gasteiger partial charge in [0.15, 0.2) is 11.7 Å². The van der Waals surface area contributed by atoms with E-state index < -0.39 is 0 Å². The molecule has 1 aromatic rings. The van der Waals surface area contributed by atoms with Crippen LogP contribution in [0.1, 0.15) is 12.5 Å². The van der Waals surface area contributed by atoms with E-state index in [1.807, 2.05) is 11.8 Å². The molecule has 1 aromatic heterocycles. The first-order valence-electron chi connectivity index (χ1n) is 5.96. The number of nitrogens with two attached hydrogens (primary N) is 1. The van der Waals surface area contributed by atoms with Crippen molar-refractivity contribution >= 4 is 11.7 Å². The standard InChI is InChI=1S/C11H17N5O3/c1-7-6-19-8(5-17)4-16(7)11-9(10(12)15-18)2-3-13-14-11/h2-3,7-8,17-18H,4-6H2,1H3,(H2,12,15). The third-order valence-electron chi connectivity index (χ3n) is 3.07. The predicted molar refractivity (Wildman–Crippen MR) is 68.2 cm³/mol. The van der Waals surface area contributed by atoms with Crippen LogP contribution in [0.25, 0.3) is 0 Å². The summed E-state index contributed by atoms with van der Waals surface area (Å²) < 4.78 is 5.47. The molecule has 2 heterocycles. The summed E-state index contributed by atoms with van der Waals surface area (Å²) in [6.45, 7) is 2.85. The van der Waals surface area contributed by atoms with Crippen LogP contribution in [0.15, 0.2) is 17.4 Å². The van der Waals surface area contributed by atoms with Crippen molar-refractivity contribution in [2.24, 2.45) is 10.9 Å². The molecular weight excluding hydrogens is 250 g/mol. The number of hydrogen-bond acceptors (Lipinski definition) is 7. The second-order valence-corrected chi connectivity index (χ2v) is 4.39. The van der Waals surface area contributed by atoms with E-state index >= 15 is 0 Å². The fraction of sp³-hybridized carbons (Fsp3) is 0.545. The average molecular weight is 267 g/mol. The van der Waals surface area contributed by atoms with Gasteiger partial charge in [0.1, 0.15) is 0 Å². The number of rotatable bonds is 3. The van der Waals surface area contributed by atoms with E-state index in [1.165, 1.54) is 6.20 Å². The van der Waals surface area contributed by atoms with E-state index in [-0.39, 0.29) is 24.6 Å². The van der Waals surface area contributed by atoms with Crippen LogP contribution in [0.5, 0.6) is 0 Å². The van der Waals surface area contributed by atoms with Gasteiger partial charge in [-0.15, -0.1) is 5.10 Å². The highest BCUT2D eigenvalue weighted by molar-refractivity contribution is 6.01. The van der Waals surface area contributed by atoms with E-state index in [1.54, 1.807) is 6.07 Å². The van der Waals surface area contributed by atoms with Crippen molar-refractivity contribution in [2.45, 2.75) is 19.1 Å². The number of anilines is 1. The van der Waals surface area contributed by atoms with Crippen molar-refractivity contribution in [3.05, 3.63) is 17.8 Å². The lowest BCUT2D eigenvalue weighted by Gasteiger charge is -2.38. The molecule has 19 heavy (non-hydrogen) atoms. The number of aliphatic hydroxyl groups is 1. The molecule has 0 saturated carbocycles. The molecule has 8 heteroatoms. The molecule has 2 atom stereocenters. The highest BCUT2D eigenvalue weighted by Gasteiger charge is 2.29. The highest BCUT2D eigenvalue weighted by Crippen LogP contribution is 2.22. The minimum absolute atomic E-state index is 0.0239. The van der Waals surface area contributed by atoms with Crippen LogP contribution >= 0.6 is 0 Å². The number of oxime groups is 1. The summed E-state index contributed by atoms with van der Waals surface area (Å²) in [5.41, 5.74) is 6.14. The van der Waals surface area contributed by atoms with Crippen LogP contribution < -0.4 is 10.6 Å². The summed E-state index contributed by atoms with van der Waals surface area (Å²) in [6, 6.07) is 1.69. The smallest absolute Gasteiger partial charge is 0.173 e. The number of ether oxygens (including phenoxy) is 1. The van der Waals surface area contributed by atoms with Gasteiger partial charge in [-0.05, 0) is 13.0 Å². The van der Waals surface area contributed by atoms with Crippen LogP contribution in [0, 0.1) is 0 Å². The summed E-state index contributed by atoms with van der Waals surface area (Å²) in [4.78, 5) is 1.94. The van der Waals surface area contributed by atoms with Crippen LogP contribution in [-0.2, 0) is 4.74 Å². The van der Waals surface area contributed by atoms with Crippen molar-refractivity contribution in [1.29, 1.82) is 0 Å². The normalized spacial score (nSPS) is 24.5. The van der Waals surface area contributed by atoms with Crippen LogP contribution in [0.2, 0.25) is 0 Å². The lowest BCUT2D eigenvalue weighted by atomic mass is 10.1. The molecular formula is C11H17N5O3. The molecule has 0 aromatic carbocycles. The van der Waals surface area contributed by atoms with Crippen LogP contribution in [-0.4, -0.2) is 58.3 Å². The van der Waals surface area contributed by atoms with Crippen LogP contribution in [0.3, 0.4) is 0 Å². The third-order valence-corrected chi connectivity index (χ3v) is 3.07. The van der Waals surface area contributed by atoms with Gasteiger partial charge in [-0.3, -0.25) is 0 Å². The van der Waals surface area contributed by atoms with Gasteiger partial charge in [0.05, 0.1) is 37.1 Å². The second-order valence-electron chi connectivity index (χ2n) is 4.39. The Morgan fingerprint density at radius 1 is 1.68 bits per heavy atom. The first kappa shape index (κ1) is 13.5. The molecule has 1 saturated heterocycles. The van der Waals surface area contributed by atoms with E-state index in [0.29, 0.717) is 24.5 Å². The topological polar surface area (TPSA) is 117 Å². The van der Waals surface area contributed by atoms with Crippen molar-refractivity contribution in [3.63, 3.8) is 0 Å². The molecule has 8 nitrogen and oxygen atoms in total. The van der Waals surface area contributed by atoms with Gasteiger partial charge in [0, 0.05) is 6.54 Å². The van der Waals surface area contributed by atoms with Gasteiger partial charge in [0.2, 0.25) is 0 Å². The summed E-state index contributed by atoms with van der Waals surface area (Å²) in [5.74, 6) is 0.496. The van der Waals surface area contributed by atoms with Gasteiger partial charge in [-0.25, -0.2) is 0 Å². The summed E-state index contributed by atoms with van der Waals surface area (Å²) in [5, 5.41) is 28.9. The monoisotopic (exact) mass is 267 g/mol. The van der Waals surface area contributed by atoms with Gasteiger partial charge < -0.3 is 25.7 Å². The fourth-order valence-electron chi connectivity index (χ4n) is 2.01. The molecule has 0 spiro atoms. The van der Waals surface area contributed by atoms with Gasteiger partial charge in [-0.2, -0.15) is 5.10 Å². The number of morpholine rings is 1. The molecule has 1 aliphatic heterocycles. The zero-order chi connectivity index (χ0) is 13.8. The highest BCUT2D eigenvalue weighted by atomic mass is 16.5. The SMILES string of the molecule is CC1COC(CO)CN1c1nnccc1/C(N)=N/O. The Morgan fingerprint density at radius 2 is 2.47 bits per heavy atom. The maximum absolute atomic E-state index is 9.19. The Morgan fingerprint density at radius 3 is 3.16 bits per heavy atom. The van der Waals surface area contributed by atoms with E-state index in [9.17, 15) is 5.11 Å². The molecule has 0 radical (unpaired) electrons. The Balaban J connectivity index is 2.34. The Kier molecular flexibility index (Phi) is 4.13. The zero-order valence-corrected chi connectivity index (χ0v) is 10.6. The summed E-state index contributed by atoms with van der Waals surface area (Å²) >= 11 is 0.